The Morgan fingerprint density at radius 1 is 1.15 bits per heavy atom. The molecule has 0 aliphatic carbocycles. The predicted octanol–water partition coefficient (Wildman–Crippen LogP) is 2.44. The van der Waals surface area contributed by atoms with Crippen molar-refractivity contribution in [2.45, 2.75) is 19.9 Å². The summed E-state index contributed by atoms with van der Waals surface area (Å²) in [5, 5.41) is 4.96. The molecule has 0 saturated carbocycles. The van der Waals surface area contributed by atoms with Crippen molar-refractivity contribution in [1.82, 2.24) is 19.5 Å². The average Bonchev–Trinajstić information content (AvgIpc) is 3.16. The van der Waals surface area contributed by atoms with Crippen molar-refractivity contribution in [2.24, 2.45) is 0 Å². The summed E-state index contributed by atoms with van der Waals surface area (Å²) in [4.78, 5) is 9.27. The molecule has 0 amide bonds. The van der Waals surface area contributed by atoms with Gasteiger partial charge in [0.2, 0.25) is 0 Å². The van der Waals surface area contributed by atoms with Crippen LogP contribution in [0.5, 0.6) is 0 Å². The second-order valence-electron chi connectivity index (χ2n) is 8.82. The van der Waals surface area contributed by atoms with Crippen molar-refractivity contribution in [3.8, 4) is 0 Å². The molecule has 3 aromatic rings. The van der Waals surface area contributed by atoms with Crippen molar-refractivity contribution in [1.29, 1.82) is 0 Å². The Bertz CT molecular complexity index is 1310. The van der Waals surface area contributed by atoms with Crippen LogP contribution in [-0.4, -0.2) is 78.8 Å². The fourth-order valence-corrected chi connectivity index (χ4v) is 6.36. The molecule has 8 nitrogen and oxygen atoms in total. The van der Waals surface area contributed by atoms with Crippen LogP contribution in [0, 0.1) is 16.3 Å². The molecule has 4 heterocycles. The maximum Gasteiger partial charge on any atom is 0.167 e. The van der Waals surface area contributed by atoms with Gasteiger partial charge in [-0.15, -0.1) is 5.10 Å². The van der Waals surface area contributed by atoms with Crippen molar-refractivity contribution < 1.29 is 17.5 Å². The molecule has 34 heavy (non-hydrogen) atoms. The number of rotatable bonds is 5. The topological polar surface area (TPSA) is 80.0 Å². The Morgan fingerprint density at radius 3 is 2.62 bits per heavy atom. The zero-order chi connectivity index (χ0) is 23.9. The predicted molar refractivity (Wildman–Crippen MR) is 137 cm³/mol. The van der Waals surface area contributed by atoms with E-state index in [0.717, 1.165) is 45.1 Å². The van der Waals surface area contributed by atoms with Gasteiger partial charge in [-0.3, -0.25) is 4.90 Å². The summed E-state index contributed by atoms with van der Waals surface area (Å²) >= 11 is 2.29. The van der Waals surface area contributed by atoms with Gasteiger partial charge in [-0.25, -0.2) is 22.3 Å². The van der Waals surface area contributed by atoms with Crippen LogP contribution in [0.15, 0.2) is 24.3 Å². The number of ether oxygens (including phenoxy) is 1. The minimum Gasteiger partial charge on any atom is -0.378 e. The van der Waals surface area contributed by atoms with Gasteiger partial charge in [-0.05, 0) is 52.8 Å². The highest BCUT2D eigenvalue weighted by molar-refractivity contribution is 14.1. The van der Waals surface area contributed by atoms with Gasteiger partial charge in [0.25, 0.3) is 0 Å². The van der Waals surface area contributed by atoms with E-state index in [1.807, 2.05) is 16.6 Å². The highest BCUT2D eigenvalue weighted by Gasteiger charge is 2.26. The van der Waals surface area contributed by atoms with E-state index in [2.05, 4.69) is 32.4 Å². The third-order valence-corrected chi connectivity index (χ3v) is 8.99. The van der Waals surface area contributed by atoms with Gasteiger partial charge in [-0.1, -0.05) is 12.1 Å². The van der Waals surface area contributed by atoms with Gasteiger partial charge >= 0.3 is 0 Å². The number of hydrogen-bond donors (Lipinski definition) is 0. The second-order valence-corrected chi connectivity index (χ2v) is 12.3. The number of fused-ring (bicyclic) bond motifs is 1. The van der Waals surface area contributed by atoms with Crippen LogP contribution in [0.2, 0.25) is 0 Å². The average molecular weight is 599 g/mol. The van der Waals surface area contributed by atoms with Crippen LogP contribution in [0.4, 0.5) is 10.2 Å². The molecule has 11 heteroatoms. The number of morpholine rings is 1. The molecular weight excluding hydrogens is 572 g/mol. The zero-order valence-corrected chi connectivity index (χ0v) is 22.0. The summed E-state index contributed by atoms with van der Waals surface area (Å²) in [7, 11) is -2.96. The van der Waals surface area contributed by atoms with Crippen LogP contribution >= 0.6 is 22.6 Å². The molecular formula is C23H27FIN5O3S. The quantitative estimate of drug-likeness (QED) is 0.417. The second kappa shape index (κ2) is 9.67. The van der Waals surface area contributed by atoms with Crippen LogP contribution in [0.1, 0.15) is 22.5 Å². The Balaban J connectivity index is 1.57. The van der Waals surface area contributed by atoms with E-state index in [4.69, 9.17) is 14.8 Å². The number of benzene rings is 1. The lowest BCUT2D eigenvalue weighted by molar-refractivity contribution is 0.122. The lowest BCUT2D eigenvalue weighted by Crippen LogP contribution is -2.39. The van der Waals surface area contributed by atoms with Gasteiger partial charge in [0.15, 0.2) is 21.3 Å². The maximum atomic E-state index is 14.3. The molecule has 182 valence electrons. The number of anilines is 1. The highest BCUT2D eigenvalue weighted by Crippen LogP contribution is 2.26. The number of hydrogen-bond acceptors (Lipinski definition) is 7. The molecule has 1 aromatic carbocycles. The summed E-state index contributed by atoms with van der Waals surface area (Å²) in [6.07, 6.45) is 0.488. The first-order valence-corrected chi connectivity index (χ1v) is 14.3. The first-order valence-electron chi connectivity index (χ1n) is 11.4. The Labute approximate surface area is 212 Å². The van der Waals surface area contributed by atoms with Gasteiger partial charge in [0.05, 0.1) is 39.7 Å². The van der Waals surface area contributed by atoms with Crippen molar-refractivity contribution in [3.05, 3.63) is 56.2 Å². The number of nitrogens with zero attached hydrogens (tertiary/aromatic N) is 5. The molecule has 0 atom stereocenters. The van der Waals surface area contributed by atoms with Crippen LogP contribution < -0.4 is 4.90 Å². The Morgan fingerprint density at radius 2 is 1.88 bits per heavy atom. The Kier molecular flexibility index (Phi) is 6.79. The summed E-state index contributed by atoms with van der Waals surface area (Å²) in [5.41, 5.74) is 4.03. The van der Waals surface area contributed by atoms with Crippen molar-refractivity contribution in [3.63, 3.8) is 0 Å². The zero-order valence-electron chi connectivity index (χ0n) is 19.0. The monoisotopic (exact) mass is 599 g/mol. The minimum absolute atomic E-state index is 0.162. The van der Waals surface area contributed by atoms with Gasteiger partial charge in [0.1, 0.15) is 5.82 Å². The first-order chi connectivity index (χ1) is 16.3. The number of halogens is 2. The molecule has 0 radical (unpaired) electrons. The molecule has 0 spiro atoms. The molecule has 5 rings (SSSR count). The third-order valence-electron chi connectivity index (χ3n) is 6.59. The SMILES string of the molecule is Cc1c(F)cccc1Cc1c(CN2CCS(=O)(=O)CC2)nc2c(I)cc(N3CCOCC3)nn12. The minimum atomic E-state index is -2.96. The number of sulfone groups is 1. The third kappa shape index (κ3) is 4.93. The number of imidazole rings is 1. The lowest BCUT2D eigenvalue weighted by Gasteiger charge is -2.28. The molecule has 2 aliphatic heterocycles. The summed E-state index contributed by atoms with van der Waals surface area (Å²) in [5.74, 6) is 0.960. The lowest BCUT2D eigenvalue weighted by atomic mass is 10.0. The fourth-order valence-electron chi connectivity index (χ4n) is 4.46. The summed E-state index contributed by atoms with van der Waals surface area (Å²) < 4.78 is 46.5. The standard InChI is InChI=1S/C23H27FIN5O3S/c1-16-17(3-2-4-18(16)24)13-21-20(15-28-7-11-34(31,32)12-8-28)26-23-19(25)14-22(27-30(21)23)29-5-9-33-10-6-29/h2-4,14H,5-13,15H2,1H3. The molecule has 2 fully saturated rings. The van der Waals surface area contributed by atoms with E-state index < -0.39 is 9.84 Å². The summed E-state index contributed by atoms with van der Waals surface area (Å²) in [6, 6.07) is 7.18. The van der Waals surface area contributed by atoms with Crippen molar-refractivity contribution >= 4 is 43.9 Å². The van der Waals surface area contributed by atoms with Gasteiger partial charge in [-0.2, -0.15) is 0 Å². The molecule has 2 saturated heterocycles. The van der Waals surface area contributed by atoms with E-state index in [0.29, 0.717) is 44.8 Å². The molecule has 0 bridgehead atoms. The Hall–Kier alpha value is -1.83. The molecule has 0 N–H and O–H groups in total. The van der Waals surface area contributed by atoms with E-state index in [1.165, 1.54) is 6.07 Å². The molecule has 2 aromatic heterocycles. The first kappa shape index (κ1) is 23.9. The number of aromatic nitrogens is 3. The van der Waals surface area contributed by atoms with Crippen molar-refractivity contribution in [2.75, 3.05) is 55.8 Å². The van der Waals surface area contributed by atoms with Crippen LogP contribution in [-0.2, 0) is 27.5 Å². The van der Waals surface area contributed by atoms with Crippen LogP contribution in [0.25, 0.3) is 5.65 Å². The van der Waals surface area contributed by atoms with E-state index in [9.17, 15) is 12.8 Å². The highest BCUT2D eigenvalue weighted by atomic mass is 127. The largest absolute Gasteiger partial charge is 0.378 e. The van der Waals surface area contributed by atoms with E-state index >= 15 is 0 Å². The van der Waals surface area contributed by atoms with E-state index in [-0.39, 0.29) is 17.3 Å². The van der Waals surface area contributed by atoms with Gasteiger partial charge < -0.3 is 9.64 Å². The maximum absolute atomic E-state index is 14.3. The van der Waals surface area contributed by atoms with E-state index in [1.54, 1.807) is 13.0 Å². The molecule has 2 aliphatic rings. The van der Waals surface area contributed by atoms with Gasteiger partial charge in [0, 0.05) is 39.1 Å². The fraction of sp³-hybridized carbons (Fsp3) is 0.478. The van der Waals surface area contributed by atoms with Crippen LogP contribution in [0.3, 0.4) is 0 Å². The summed E-state index contributed by atoms with van der Waals surface area (Å²) in [6.45, 7) is 6.17. The normalized spacial score (nSPS) is 19.1. The smallest absolute Gasteiger partial charge is 0.167 e. The molecule has 0 unspecified atom stereocenters.